The zero-order valence-corrected chi connectivity index (χ0v) is 10.9. The van der Waals surface area contributed by atoms with Crippen LogP contribution in [0.4, 0.5) is 0 Å². The van der Waals surface area contributed by atoms with Gasteiger partial charge >= 0.3 is 0 Å². The van der Waals surface area contributed by atoms with Crippen LogP contribution in [0.3, 0.4) is 0 Å². The molecule has 1 aromatic rings. The first-order valence-corrected chi connectivity index (χ1v) is 6.73. The fourth-order valence-corrected chi connectivity index (χ4v) is 2.27. The van der Waals surface area contributed by atoms with Gasteiger partial charge in [-0.2, -0.15) is 0 Å². The van der Waals surface area contributed by atoms with Crippen LogP contribution in [0.15, 0.2) is 24.3 Å². The molecule has 1 aliphatic rings. The van der Waals surface area contributed by atoms with Crippen LogP contribution in [-0.2, 0) is 11.2 Å². The highest BCUT2D eigenvalue weighted by Gasteiger charge is 2.16. The summed E-state index contributed by atoms with van der Waals surface area (Å²) in [5.41, 5.74) is 2.76. The van der Waals surface area contributed by atoms with Gasteiger partial charge in [0.05, 0.1) is 6.10 Å². The fourth-order valence-electron chi connectivity index (χ4n) is 2.27. The summed E-state index contributed by atoms with van der Waals surface area (Å²) >= 11 is 0. The maximum absolute atomic E-state index is 5.61. The molecule has 1 saturated heterocycles. The number of aryl methyl sites for hydroxylation is 1. The average molecular weight is 233 g/mol. The molecule has 1 aromatic carbocycles. The van der Waals surface area contributed by atoms with Crippen LogP contribution in [-0.4, -0.2) is 19.3 Å². The summed E-state index contributed by atoms with van der Waals surface area (Å²) < 4.78 is 5.61. The van der Waals surface area contributed by atoms with Gasteiger partial charge in [0.15, 0.2) is 0 Å². The van der Waals surface area contributed by atoms with E-state index in [1.165, 1.54) is 24.0 Å². The molecule has 0 spiro atoms. The fraction of sp³-hybridized carbons (Fsp3) is 0.600. The van der Waals surface area contributed by atoms with Gasteiger partial charge in [-0.1, -0.05) is 31.2 Å². The van der Waals surface area contributed by atoms with Crippen molar-refractivity contribution in [2.45, 2.75) is 45.3 Å². The molecule has 0 saturated carbocycles. The van der Waals surface area contributed by atoms with Crippen molar-refractivity contribution in [1.82, 2.24) is 5.32 Å². The van der Waals surface area contributed by atoms with Gasteiger partial charge in [-0.25, -0.2) is 0 Å². The van der Waals surface area contributed by atoms with E-state index in [0.717, 1.165) is 19.6 Å². The van der Waals surface area contributed by atoms with E-state index in [1.54, 1.807) is 0 Å². The Hall–Kier alpha value is -0.860. The Morgan fingerprint density at radius 1 is 1.35 bits per heavy atom. The van der Waals surface area contributed by atoms with E-state index in [4.69, 9.17) is 4.74 Å². The van der Waals surface area contributed by atoms with Gasteiger partial charge in [0.1, 0.15) is 0 Å². The first kappa shape index (κ1) is 12.6. The van der Waals surface area contributed by atoms with Crippen molar-refractivity contribution in [3.63, 3.8) is 0 Å². The third-order valence-electron chi connectivity index (χ3n) is 3.56. The van der Waals surface area contributed by atoms with Crippen molar-refractivity contribution in [2.24, 2.45) is 0 Å². The van der Waals surface area contributed by atoms with Gasteiger partial charge in [-0.05, 0) is 37.3 Å². The molecule has 1 heterocycles. The Balaban J connectivity index is 1.83. The van der Waals surface area contributed by atoms with Crippen LogP contribution < -0.4 is 5.32 Å². The van der Waals surface area contributed by atoms with E-state index < -0.39 is 0 Å². The molecule has 0 amide bonds. The third-order valence-corrected chi connectivity index (χ3v) is 3.56. The van der Waals surface area contributed by atoms with Crippen molar-refractivity contribution in [1.29, 1.82) is 0 Å². The van der Waals surface area contributed by atoms with Crippen molar-refractivity contribution in [3.8, 4) is 0 Å². The molecule has 0 bridgehead atoms. The second-order valence-corrected chi connectivity index (χ2v) is 4.86. The minimum absolute atomic E-state index is 0.408. The molecule has 94 valence electrons. The van der Waals surface area contributed by atoms with E-state index in [2.05, 4.69) is 43.4 Å². The molecular weight excluding hydrogens is 210 g/mol. The lowest BCUT2D eigenvalue weighted by molar-refractivity contribution is 0.108. The summed E-state index contributed by atoms with van der Waals surface area (Å²) in [4.78, 5) is 0. The van der Waals surface area contributed by atoms with E-state index in [0.29, 0.717) is 12.1 Å². The number of hydrogen-bond donors (Lipinski definition) is 1. The number of benzene rings is 1. The monoisotopic (exact) mass is 233 g/mol. The molecule has 0 radical (unpaired) electrons. The van der Waals surface area contributed by atoms with Gasteiger partial charge in [0.25, 0.3) is 0 Å². The van der Waals surface area contributed by atoms with Crippen LogP contribution in [0.2, 0.25) is 0 Å². The lowest BCUT2D eigenvalue weighted by Crippen LogP contribution is -2.28. The normalized spacial score (nSPS) is 21.6. The third kappa shape index (κ3) is 3.55. The smallest absolute Gasteiger partial charge is 0.0700 e. The molecule has 2 unspecified atom stereocenters. The number of hydrogen-bond acceptors (Lipinski definition) is 2. The largest absolute Gasteiger partial charge is 0.377 e. The summed E-state index contributed by atoms with van der Waals surface area (Å²) in [6.45, 7) is 6.31. The number of nitrogens with one attached hydrogen (secondary N) is 1. The maximum atomic E-state index is 5.61. The van der Waals surface area contributed by atoms with Crippen molar-refractivity contribution < 1.29 is 4.74 Å². The molecule has 1 N–H and O–H groups in total. The molecule has 0 aliphatic carbocycles. The van der Waals surface area contributed by atoms with E-state index >= 15 is 0 Å². The molecule has 2 atom stereocenters. The molecule has 1 fully saturated rings. The van der Waals surface area contributed by atoms with Crippen molar-refractivity contribution in [3.05, 3.63) is 35.4 Å². The standard InChI is InChI=1S/C15H23NO/c1-3-13-6-8-14(9-7-13)12(2)16-11-15-5-4-10-17-15/h6-9,12,15-16H,3-5,10-11H2,1-2H3. The zero-order chi connectivity index (χ0) is 12.1. The highest BCUT2D eigenvalue weighted by molar-refractivity contribution is 5.24. The number of ether oxygens (including phenoxy) is 1. The summed E-state index contributed by atoms with van der Waals surface area (Å²) in [7, 11) is 0. The summed E-state index contributed by atoms with van der Waals surface area (Å²) in [6.07, 6.45) is 3.95. The predicted octanol–water partition coefficient (Wildman–Crippen LogP) is 3.08. The first-order valence-electron chi connectivity index (χ1n) is 6.73. The van der Waals surface area contributed by atoms with E-state index in [-0.39, 0.29) is 0 Å². The predicted molar refractivity (Wildman–Crippen MR) is 71.2 cm³/mol. The Labute approximate surface area is 104 Å². The van der Waals surface area contributed by atoms with Gasteiger partial charge in [0.2, 0.25) is 0 Å². The van der Waals surface area contributed by atoms with Gasteiger partial charge < -0.3 is 10.1 Å². The SMILES string of the molecule is CCc1ccc(C(C)NCC2CCCO2)cc1. The Kier molecular flexibility index (Phi) is 4.57. The van der Waals surface area contributed by atoms with Crippen LogP contribution in [0.25, 0.3) is 0 Å². The minimum Gasteiger partial charge on any atom is -0.377 e. The average Bonchev–Trinajstić information content (AvgIpc) is 2.89. The Bertz CT molecular complexity index is 327. The first-order chi connectivity index (χ1) is 8.29. The minimum atomic E-state index is 0.408. The molecule has 17 heavy (non-hydrogen) atoms. The number of rotatable bonds is 5. The van der Waals surface area contributed by atoms with Crippen LogP contribution in [0.5, 0.6) is 0 Å². The molecule has 2 rings (SSSR count). The van der Waals surface area contributed by atoms with Crippen LogP contribution in [0, 0.1) is 0 Å². The summed E-state index contributed by atoms with van der Waals surface area (Å²) in [5.74, 6) is 0. The van der Waals surface area contributed by atoms with Gasteiger partial charge in [0, 0.05) is 19.2 Å². The van der Waals surface area contributed by atoms with E-state index in [9.17, 15) is 0 Å². The molecule has 0 aromatic heterocycles. The van der Waals surface area contributed by atoms with Gasteiger partial charge in [-0.3, -0.25) is 0 Å². The van der Waals surface area contributed by atoms with Crippen LogP contribution in [0.1, 0.15) is 43.9 Å². The summed E-state index contributed by atoms with van der Waals surface area (Å²) in [5, 5.41) is 3.55. The molecule has 2 nitrogen and oxygen atoms in total. The highest BCUT2D eigenvalue weighted by atomic mass is 16.5. The maximum Gasteiger partial charge on any atom is 0.0700 e. The van der Waals surface area contributed by atoms with Crippen molar-refractivity contribution in [2.75, 3.05) is 13.2 Å². The van der Waals surface area contributed by atoms with E-state index in [1.807, 2.05) is 0 Å². The van der Waals surface area contributed by atoms with Gasteiger partial charge in [-0.15, -0.1) is 0 Å². The topological polar surface area (TPSA) is 21.3 Å². The van der Waals surface area contributed by atoms with Crippen LogP contribution >= 0.6 is 0 Å². The molecule has 1 aliphatic heterocycles. The highest BCUT2D eigenvalue weighted by Crippen LogP contribution is 2.16. The Morgan fingerprint density at radius 3 is 2.71 bits per heavy atom. The quantitative estimate of drug-likeness (QED) is 0.844. The second kappa shape index (κ2) is 6.18. The molecular formula is C15H23NO. The van der Waals surface area contributed by atoms with Crippen molar-refractivity contribution >= 4 is 0 Å². The summed E-state index contributed by atoms with van der Waals surface area (Å²) in [6, 6.07) is 9.31. The second-order valence-electron chi connectivity index (χ2n) is 4.86. The zero-order valence-electron chi connectivity index (χ0n) is 10.9. The lowest BCUT2D eigenvalue weighted by atomic mass is 10.0. The lowest BCUT2D eigenvalue weighted by Gasteiger charge is -2.17. The molecule has 2 heteroatoms. The Morgan fingerprint density at radius 2 is 2.12 bits per heavy atom.